The molecular formula is C17H34O4Si. The van der Waals surface area contributed by atoms with E-state index in [0.29, 0.717) is 6.61 Å². The fourth-order valence-corrected chi connectivity index (χ4v) is 4.89. The highest BCUT2D eigenvalue weighted by Crippen LogP contribution is 2.18. The van der Waals surface area contributed by atoms with Crippen molar-refractivity contribution in [1.29, 1.82) is 0 Å². The molecule has 0 aliphatic carbocycles. The highest BCUT2D eigenvalue weighted by atomic mass is 28.4. The quantitative estimate of drug-likeness (QED) is 0.202. The van der Waals surface area contributed by atoms with E-state index in [2.05, 4.69) is 6.55 Å². The Morgan fingerprint density at radius 2 is 1.50 bits per heavy atom. The van der Waals surface area contributed by atoms with Gasteiger partial charge < -0.3 is 13.6 Å². The van der Waals surface area contributed by atoms with Crippen molar-refractivity contribution < 1.29 is 18.4 Å². The van der Waals surface area contributed by atoms with E-state index >= 15 is 0 Å². The molecule has 0 fully saturated rings. The van der Waals surface area contributed by atoms with E-state index in [4.69, 9.17) is 13.6 Å². The lowest BCUT2D eigenvalue weighted by atomic mass is 10.1. The van der Waals surface area contributed by atoms with Crippen molar-refractivity contribution in [3.8, 4) is 0 Å². The first kappa shape index (κ1) is 21.3. The zero-order valence-corrected chi connectivity index (χ0v) is 15.9. The van der Waals surface area contributed by atoms with Gasteiger partial charge in [-0.15, -0.1) is 0 Å². The SMILES string of the molecule is CC=CC(=O)OCCCCCCCC[Si](C)(OCC)OCC. The molecule has 4 nitrogen and oxygen atoms in total. The van der Waals surface area contributed by atoms with Crippen LogP contribution in [0, 0.1) is 0 Å². The summed E-state index contributed by atoms with van der Waals surface area (Å²) in [5.41, 5.74) is 0. The van der Waals surface area contributed by atoms with Crippen LogP contribution in [-0.4, -0.2) is 34.4 Å². The topological polar surface area (TPSA) is 44.8 Å². The number of carbonyl (C=O) groups excluding carboxylic acids is 1. The van der Waals surface area contributed by atoms with E-state index in [1.165, 1.54) is 31.8 Å². The van der Waals surface area contributed by atoms with Gasteiger partial charge in [0.05, 0.1) is 6.61 Å². The second-order valence-electron chi connectivity index (χ2n) is 5.54. The van der Waals surface area contributed by atoms with Crippen LogP contribution in [0.15, 0.2) is 12.2 Å². The molecule has 0 aromatic rings. The Balaban J connectivity index is 3.51. The summed E-state index contributed by atoms with van der Waals surface area (Å²) in [4.78, 5) is 11.1. The number of hydrogen-bond acceptors (Lipinski definition) is 4. The summed E-state index contributed by atoms with van der Waals surface area (Å²) in [6.45, 7) is 10.1. The van der Waals surface area contributed by atoms with Crippen LogP contribution in [0.5, 0.6) is 0 Å². The van der Waals surface area contributed by atoms with Crippen molar-refractivity contribution >= 4 is 14.5 Å². The van der Waals surface area contributed by atoms with Gasteiger partial charge in [-0.25, -0.2) is 4.79 Å². The minimum atomic E-state index is -1.92. The van der Waals surface area contributed by atoms with E-state index in [0.717, 1.165) is 32.1 Å². The predicted octanol–water partition coefficient (Wildman–Crippen LogP) is 4.59. The first-order valence-electron chi connectivity index (χ1n) is 8.65. The van der Waals surface area contributed by atoms with Crippen LogP contribution < -0.4 is 0 Å². The number of rotatable bonds is 14. The lowest BCUT2D eigenvalue weighted by molar-refractivity contribution is -0.137. The Kier molecular flexibility index (Phi) is 13.6. The number of esters is 1. The highest BCUT2D eigenvalue weighted by Gasteiger charge is 2.29. The van der Waals surface area contributed by atoms with Crippen molar-refractivity contribution in [2.75, 3.05) is 19.8 Å². The van der Waals surface area contributed by atoms with Gasteiger partial charge >= 0.3 is 14.5 Å². The van der Waals surface area contributed by atoms with Gasteiger partial charge in [-0.05, 0) is 39.8 Å². The maximum Gasteiger partial charge on any atom is 0.334 e. The van der Waals surface area contributed by atoms with Crippen LogP contribution in [0.4, 0.5) is 0 Å². The lowest BCUT2D eigenvalue weighted by Crippen LogP contribution is -2.38. The maximum absolute atomic E-state index is 11.1. The van der Waals surface area contributed by atoms with Crippen molar-refractivity contribution in [3.05, 3.63) is 12.2 Å². The van der Waals surface area contributed by atoms with Crippen molar-refractivity contribution in [2.24, 2.45) is 0 Å². The zero-order valence-electron chi connectivity index (χ0n) is 14.9. The third-order valence-electron chi connectivity index (χ3n) is 3.47. The Morgan fingerprint density at radius 3 is 2.05 bits per heavy atom. The number of allylic oxidation sites excluding steroid dienone is 1. The van der Waals surface area contributed by atoms with Gasteiger partial charge in [0.15, 0.2) is 0 Å². The molecule has 0 spiro atoms. The summed E-state index contributed by atoms with van der Waals surface area (Å²) in [5, 5.41) is 0. The molecule has 0 saturated carbocycles. The molecule has 0 unspecified atom stereocenters. The summed E-state index contributed by atoms with van der Waals surface area (Å²) in [6.07, 6.45) is 10.1. The van der Waals surface area contributed by atoms with Crippen LogP contribution in [0.2, 0.25) is 12.6 Å². The summed E-state index contributed by atoms with van der Waals surface area (Å²) < 4.78 is 16.7. The van der Waals surface area contributed by atoms with Crippen LogP contribution in [-0.2, 0) is 18.4 Å². The second-order valence-corrected chi connectivity index (χ2v) is 8.88. The summed E-state index contributed by atoms with van der Waals surface area (Å²) in [7, 11) is -1.92. The molecule has 0 aromatic carbocycles. The first-order chi connectivity index (χ1) is 10.6. The molecule has 0 radical (unpaired) electrons. The third kappa shape index (κ3) is 11.9. The van der Waals surface area contributed by atoms with Gasteiger partial charge in [-0.1, -0.05) is 38.2 Å². The Labute approximate surface area is 137 Å². The molecule has 0 N–H and O–H groups in total. The molecule has 0 rings (SSSR count). The van der Waals surface area contributed by atoms with Crippen molar-refractivity contribution in [2.45, 2.75) is 71.9 Å². The summed E-state index contributed by atoms with van der Waals surface area (Å²) >= 11 is 0. The number of hydrogen-bond donors (Lipinski definition) is 0. The number of carbonyl (C=O) groups is 1. The Bertz CT molecular complexity index is 299. The normalized spacial score (nSPS) is 12.0. The highest BCUT2D eigenvalue weighted by molar-refractivity contribution is 6.66. The molecule has 22 heavy (non-hydrogen) atoms. The van der Waals surface area contributed by atoms with Crippen molar-refractivity contribution in [1.82, 2.24) is 0 Å². The Morgan fingerprint density at radius 1 is 0.955 bits per heavy atom. The molecule has 0 aliphatic rings. The number of unbranched alkanes of at least 4 members (excludes halogenated alkanes) is 5. The average Bonchev–Trinajstić information content (AvgIpc) is 2.46. The monoisotopic (exact) mass is 330 g/mol. The average molecular weight is 331 g/mol. The second kappa shape index (κ2) is 14.0. The van der Waals surface area contributed by atoms with E-state index in [-0.39, 0.29) is 5.97 Å². The van der Waals surface area contributed by atoms with Gasteiger partial charge in [-0.2, -0.15) is 0 Å². The van der Waals surface area contributed by atoms with E-state index < -0.39 is 8.56 Å². The van der Waals surface area contributed by atoms with Gasteiger partial charge in [0.1, 0.15) is 0 Å². The van der Waals surface area contributed by atoms with Crippen LogP contribution in [0.3, 0.4) is 0 Å². The minimum Gasteiger partial charge on any atom is -0.463 e. The molecule has 0 atom stereocenters. The molecular weight excluding hydrogens is 296 g/mol. The molecule has 0 amide bonds. The van der Waals surface area contributed by atoms with E-state index in [1.807, 2.05) is 20.8 Å². The third-order valence-corrected chi connectivity index (χ3v) is 6.53. The molecule has 0 aliphatic heterocycles. The standard InChI is InChI=1S/C17H34O4Si/c1-5-14-17(18)19-15-12-10-8-9-11-13-16-22(4,20-6-2)21-7-3/h5,14H,6-13,15-16H2,1-4H3. The Hall–Kier alpha value is -0.653. The van der Waals surface area contributed by atoms with Gasteiger partial charge in [0.25, 0.3) is 0 Å². The van der Waals surface area contributed by atoms with Crippen LogP contribution >= 0.6 is 0 Å². The van der Waals surface area contributed by atoms with Gasteiger partial charge in [0.2, 0.25) is 0 Å². The molecule has 0 heterocycles. The molecule has 0 saturated heterocycles. The van der Waals surface area contributed by atoms with E-state index in [1.54, 1.807) is 6.08 Å². The predicted molar refractivity (Wildman–Crippen MR) is 93.2 cm³/mol. The molecule has 0 aromatic heterocycles. The maximum atomic E-state index is 11.1. The lowest BCUT2D eigenvalue weighted by Gasteiger charge is -2.25. The molecule has 0 bridgehead atoms. The van der Waals surface area contributed by atoms with Crippen LogP contribution in [0.1, 0.15) is 59.3 Å². The van der Waals surface area contributed by atoms with Gasteiger partial charge in [-0.3, -0.25) is 0 Å². The smallest absolute Gasteiger partial charge is 0.334 e. The van der Waals surface area contributed by atoms with Gasteiger partial charge in [0, 0.05) is 19.3 Å². The fourth-order valence-electron chi connectivity index (χ4n) is 2.41. The zero-order chi connectivity index (χ0) is 16.7. The summed E-state index contributed by atoms with van der Waals surface area (Å²) in [5.74, 6) is -0.237. The van der Waals surface area contributed by atoms with E-state index in [9.17, 15) is 4.79 Å². The molecule has 5 heteroatoms. The molecule has 130 valence electrons. The first-order valence-corrected chi connectivity index (χ1v) is 11.2. The van der Waals surface area contributed by atoms with Crippen molar-refractivity contribution in [3.63, 3.8) is 0 Å². The van der Waals surface area contributed by atoms with Crippen LogP contribution in [0.25, 0.3) is 0 Å². The fraction of sp³-hybridized carbons (Fsp3) is 0.824. The summed E-state index contributed by atoms with van der Waals surface area (Å²) in [6, 6.07) is 1.08. The number of ether oxygens (including phenoxy) is 1. The minimum absolute atomic E-state index is 0.237. The largest absolute Gasteiger partial charge is 0.463 e.